The SMILES string of the molecule is CC[C@@H](C)[C@H](NC(=O)CCCn1c(=O)[nH]c2ccccc2c1=O)C(=O)[O-]. The Morgan fingerprint density at radius 2 is 1.96 bits per heavy atom. The number of nitrogens with zero attached hydrogens (tertiary/aromatic N) is 1. The lowest BCUT2D eigenvalue weighted by molar-refractivity contribution is -0.309. The number of carbonyl (C=O) groups is 2. The summed E-state index contributed by atoms with van der Waals surface area (Å²) in [6, 6.07) is 5.63. The Labute approximate surface area is 149 Å². The van der Waals surface area contributed by atoms with E-state index in [0.29, 0.717) is 17.3 Å². The lowest BCUT2D eigenvalue weighted by Gasteiger charge is -2.25. The maximum atomic E-state index is 12.4. The van der Waals surface area contributed by atoms with Crippen molar-refractivity contribution in [2.75, 3.05) is 0 Å². The maximum absolute atomic E-state index is 12.4. The van der Waals surface area contributed by atoms with Crippen LogP contribution in [-0.4, -0.2) is 27.5 Å². The van der Waals surface area contributed by atoms with Crippen LogP contribution in [-0.2, 0) is 16.1 Å². The molecule has 2 rings (SSSR count). The number of carbonyl (C=O) groups excluding carboxylic acids is 2. The number of aromatic amines is 1. The zero-order valence-corrected chi connectivity index (χ0v) is 14.8. The van der Waals surface area contributed by atoms with Crippen LogP contribution < -0.4 is 21.7 Å². The van der Waals surface area contributed by atoms with Crippen LogP contribution in [0.5, 0.6) is 0 Å². The smallest absolute Gasteiger partial charge is 0.328 e. The van der Waals surface area contributed by atoms with Gasteiger partial charge in [-0.3, -0.25) is 14.2 Å². The van der Waals surface area contributed by atoms with Crippen molar-refractivity contribution in [1.82, 2.24) is 14.9 Å². The summed E-state index contributed by atoms with van der Waals surface area (Å²) >= 11 is 0. The summed E-state index contributed by atoms with van der Waals surface area (Å²) < 4.78 is 1.04. The van der Waals surface area contributed by atoms with Crippen LogP contribution >= 0.6 is 0 Å². The predicted molar refractivity (Wildman–Crippen MR) is 94.5 cm³/mol. The van der Waals surface area contributed by atoms with Crippen molar-refractivity contribution in [3.05, 3.63) is 45.1 Å². The van der Waals surface area contributed by atoms with E-state index in [1.54, 1.807) is 31.2 Å². The number of fused-ring (bicyclic) bond motifs is 1. The number of para-hydroxylation sites is 1. The summed E-state index contributed by atoms with van der Waals surface area (Å²) in [6.07, 6.45) is 0.813. The minimum Gasteiger partial charge on any atom is -0.548 e. The Balaban J connectivity index is 2.03. The molecule has 1 aromatic heterocycles. The van der Waals surface area contributed by atoms with Crippen LogP contribution in [0.4, 0.5) is 0 Å². The molecular weight excluding hydrogens is 338 g/mol. The molecule has 8 nitrogen and oxygen atoms in total. The first-order valence-corrected chi connectivity index (χ1v) is 8.57. The predicted octanol–water partition coefficient (Wildman–Crippen LogP) is -0.249. The summed E-state index contributed by atoms with van der Waals surface area (Å²) in [4.78, 5) is 50.2. The van der Waals surface area contributed by atoms with Gasteiger partial charge < -0.3 is 20.2 Å². The lowest BCUT2D eigenvalue weighted by Crippen LogP contribution is -2.51. The minimum absolute atomic E-state index is 0.00107. The molecule has 0 aliphatic heterocycles. The van der Waals surface area contributed by atoms with E-state index < -0.39 is 29.2 Å². The van der Waals surface area contributed by atoms with E-state index in [4.69, 9.17) is 0 Å². The Morgan fingerprint density at radius 3 is 2.62 bits per heavy atom. The molecule has 0 aliphatic rings. The third kappa shape index (κ3) is 4.38. The standard InChI is InChI=1S/C18H23N3O5/c1-3-11(2)15(17(24)25)20-14(22)9-6-10-21-16(23)12-7-4-5-8-13(12)19-18(21)26/h4-5,7-8,11,15H,3,6,9-10H2,1-2H3,(H,19,26)(H,20,22)(H,24,25)/p-1/t11-,15+/m1/s1. The molecule has 0 saturated heterocycles. The molecule has 26 heavy (non-hydrogen) atoms. The van der Waals surface area contributed by atoms with Crippen molar-refractivity contribution >= 4 is 22.8 Å². The first kappa shape index (κ1) is 19.4. The molecule has 2 atom stereocenters. The van der Waals surface area contributed by atoms with E-state index in [9.17, 15) is 24.3 Å². The van der Waals surface area contributed by atoms with Gasteiger partial charge in [0, 0.05) is 13.0 Å². The van der Waals surface area contributed by atoms with Crippen molar-refractivity contribution in [2.45, 2.75) is 45.7 Å². The minimum atomic E-state index is -1.32. The number of hydrogen-bond acceptors (Lipinski definition) is 5. The molecule has 1 amide bonds. The molecule has 2 N–H and O–H groups in total. The number of nitrogens with one attached hydrogen (secondary N) is 2. The highest BCUT2D eigenvalue weighted by Gasteiger charge is 2.19. The molecule has 0 spiro atoms. The van der Waals surface area contributed by atoms with E-state index in [2.05, 4.69) is 10.3 Å². The second kappa shape index (κ2) is 8.46. The molecular formula is C18H22N3O5-. The molecule has 140 valence electrons. The second-order valence-corrected chi connectivity index (χ2v) is 6.29. The molecule has 8 heteroatoms. The Bertz CT molecular complexity index is 915. The summed E-state index contributed by atoms with van der Waals surface area (Å²) in [5, 5.41) is 14.0. The maximum Gasteiger partial charge on any atom is 0.328 e. The molecule has 1 aromatic carbocycles. The van der Waals surface area contributed by atoms with Crippen LogP contribution in [0, 0.1) is 5.92 Å². The summed E-state index contributed by atoms with van der Waals surface area (Å²) in [5.41, 5.74) is -0.500. The first-order chi connectivity index (χ1) is 12.3. The van der Waals surface area contributed by atoms with Crippen LogP contribution in [0.3, 0.4) is 0 Å². The van der Waals surface area contributed by atoms with Gasteiger partial charge in [0.2, 0.25) is 5.91 Å². The van der Waals surface area contributed by atoms with Gasteiger partial charge in [-0.2, -0.15) is 0 Å². The van der Waals surface area contributed by atoms with Crippen LogP contribution in [0.1, 0.15) is 33.1 Å². The van der Waals surface area contributed by atoms with Gasteiger partial charge in [-0.15, -0.1) is 0 Å². The van der Waals surface area contributed by atoms with Crippen LogP contribution in [0.15, 0.2) is 33.9 Å². The Morgan fingerprint density at radius 1 is 1.27 bits per heavy atom. The topological polar surface area (TPSA) is 124 Å². The zero-order valence-electron chi connectivity index (χ0n) is 14.8. The fourth-order valence-corrected chi connectivity index (χ4v) is 2.71. The summed E-state index contributed by atoms with van der Waals surface area (Å²) in [6.45, 7) is 3.60. The highest BCUT2D eigenvalue weighted by atomic mass is 16.4. The fourth-order valence-electron chi connectivity index (χ4n) is 2.71. The van der Waals surface area contributed by atoms with Crippen molar-refractivity contribution in [2.24, 2.45) is 5.92 Å². The largest absolute Gasteiger partial charge is 0.548 e. The van der Waals surface area contributed by atoms with E-state index in [-0.39, 0.29) is 25.3 Å². The Kier molecular flexibility index (Phi) is 6.32. The normalized spacial score (nSPS) is 13.3. The highest BCUT2D eigenvalue weighted by Crippen LogP contribution is 2.08. The quantitative estimate of drug-likeness (QED) is 0.672. The first-order valence-electron chi connectivity index (χ1n) is 8.57. The molecule has 0 radical (unpaired) electrons. The average molecular weight is 360 g/mol. The molecule has 1 heterocycles. The number of hydrogen-bond donors (Lipinski definition) is 2. The fraction of sp³-hybridized carbons (Fsp3) is 0.444. The van der Waals surface area contributed by atoms with Gasteiger partial charge in [-0.1, -0.05) is 32.4 Å². The summed E-state index contributed by atoms with van der Waals surface area (Å²) in [7, 11) is 0. The number of aromatic nitrogens is 2. The molecule has 2 aromatic rings. The van der Waals surface area contributed by atoms with Gasteiger partial charge in [0.05, 0.1) is 22.9 Å². The van der Waals surface area contributed by atoms with Crippen LogP contribution in [0.2, 0.25) is 0 Å². The van der Waals surface area contributed by atoms with Gasteiger partial charge >= 0.3 is 5.69 Å². The number of carboxylic acid groups (broad SMARTS) is 1. The molecule has 0 aliphatic carbocycles. The van der Waals surface area contributed by atoms with Crippen molar-refractivity contribution in [1.29, 1.82) is 0 Å². The van der Waals surface area contributed by atoms with Gasteiger partial charge in [0.25, 0.3) is 5.56 Å². The number of carboxylic acids is 1. The molecule has 0 unspecified atom stereocenters. The van der Waals surface area contributed by atoms with Gasteiger partial charge in [-0.05, 0) is 24.5 Å². The zero-order chi connectivity index (χ0) is 19.3. The Hall–Kier alpha value is -2.90. The van der Waals surface area contributed by atoms with Crippen LogP contribution in [0.25, 0.3) is 10.9 Å². The summed E-state index contributed by atoms with van der Waals surface area (Å²) in [5.74, 6) is -2.03. The molecule has 0 saturated carbocycles. The van der Waals surface area contributed by atoms with Gasteiger partial charge in [0.15, 0.2) is 0 Å². The third-order valence-electron chi connectivity index (χ3n) is 4.46. The highest BCUT2D eigenvalue weighted by molar-refractivity contribution is 5.82. The monoisotopic (exact) mass is 360 g/mol. The van der Waals surface area contributed by atoms with Crippen molar-refractivity contribution < 1.29 is 14.7 Å². The lowest BCUT2D eigenvalue weighted by atomic mass is 9.99. The number of amides is 1. The van der Waals surface area contributed by atoms with Crippen molar-refractivity contribution in [3.63, 3.8) is 0 Å². The molecule has 0 bridgehead atoms. The van der Waals surface area contributed by atoms with Gasteiger partial charge in [-0.25, -0.2) is 4.79 Å². The number of aliphatic carboxylic acids is 1. The van der Waals surface area contributed by atoms with Gasteiger partial charge in [0.1, 0.15) is 0 Å². The van der Waals surface area contributed by atoms with E-state index in [1.807, 2.05) is 6.92 Å². The van der Waals surface area contributed by atoms with E-state index in [0.717, 1.165) is 4.57 Å². The molecule has 0 fully saturated rings. The van der Waals surface area contributed by atoms with Crippen molar-refractivity contribution in [3.8, 4) is 0 Å². The third-order valence-corrected chi connectivity index (χ3v) is 4.46. The average Bonchev–Trinajstić information content (AvgIpc) is 2.61. The van der Waals surface area contributed by atoms with E-state index >= 15 is 0 Å². The number of H-pyrrole nitrogens is 1. The van der Waals surface area contributed by atoms with E-state index in [1.165, 1.54) is 0 Å². The second-order valence-electron chi connectivity index (χ2n) is 6.29. The number of rotatable bonds is 8. The number of benzene rings is 1.